The molecule has 4 amide bonds. The lowest BCUT2D eigenvalue weighted by atomic mass is 10.0. The number of tetrazole rings is 2. The number of nitrogens with two attached hydrogens (primary N) is 4. The smallest absolute Gasteiger partial charge is 0.339 e. The fourth-order valence-electron chi connectivity index (χ4n) is 9.61. The summed E-state index contributed by atoms with van der Waals surface area (Å²) in [5.74, 6) is -5.44. The van der Waals surface area contributed by atoms with Gasteiger partial charge in [-0.1, -0.05) is 48.9 Å². The van der Waals surface area contributed by atoms with Crippen LogP contribution in [0.2, 0.25) is 0 Å². The average Bonchev–Trinajstić information content (AvgIpc) is 1.06. The summed E-state index contributed by atoms with van der Waals surface area (Å²) in [6.07, 6.45) is 11.6. The molecule has 15 N–H and O–H groups in total. The Morgan fingerprint density at radius 1 is 0.608 bits per heavy atom. The zero-order valence-corrected chi connectivity index (χ0v) is 52.1. The van der Waals surface area contributed by atoms with E-state index in [1.165, 1.54) is 83.1 Å². The Morgan fingerprint density at radius 3 is 1.69 bits per heavy atom. The van der Waals surface area contributed by atoms with Crippen molar-refractivity contribution in [3.8, 4) is 12.3 Å². The van der Waals surface area contributed by atoms with Crippen LogP contribution in [0.1, 0.15) is 119 Å². The van der Waals surface area contributed by atoms with Gasteiger partial charge in [0.2, 0.25) is 17.1 Å². The summed E-state index contributed by atoms with van der Waals surface area (Å²) in [6, 6.07) is 26.3. The van der Waals surface area contributed by atoms with Gasteiger partial charge < -0.3 is 64.3 Å². The molecule has 1 fully saturated rings. The highest BCUT2D eigenvalue weighted by atomic mass is 19.1. The van der Waals surface area contributed by atoms with Crippen molar-refractivity contribution in [1.29, 1.82) is 0 Å². The first-order chi connectivity index (χ1) is 48.9. The third-order valence-corrected chi connectivity index (χ3v) is 14.7. The molecule has 0 atom stereocenters. The van der Waals surface area contributed by atoms with E-state index in [0.717, 1.165) is 50.6 Å². The summed E-state index contributed by atoms with van der Waals surface area (Å²) in [4.78, 5) is 112. The van der Waals surface area contributed by atoms with E-state index in [9.17, 15) is 62.5 Å². The number of terminal acetylenes is 1. The molecule has 8 aromatic heterocycles. The number of methoxy groups -OCH3 is 1. The summed E-state index contributed by atoms with van der Waals surface area (Å²) in [5, 5.41) is 72.8. The quantitative estimate of drug-likeness (QED) is 0.0492. The van der Waals surface area contributed by atoms with Gasteiger partial charge in [-0.2, -0.15) is 14.6 Å². The number of carboxylic acid groups (broad SMARTS) is 3. The number of nitrogens with zero attached hydrogens (tertiary/aromatic N) is 17. The van der Waals surface area contributed by atoms with Crippen LogP contribution < -0.4 is 44.2 Å². The van der Waals surface area contributed by atoms with Crippen LogP contribution in [0.4, 0.5) is 54.5 Å². The lowest BCUT2D eigenvalue weighted by Crippen LogP contribution is -2.18. The van der Waals surface area contributed by atoms with E-state index < -0.39 is 64.7 Å². The van der Waals surface area contributed by atoms with Crippen LogP contribution in [0.5, 0.6) is 0 Å². The number of nitrogen functional groups attached to an aromatic ring is 4. The van der Waals surface area contributed by atoms with Crippen molar-refractivity contribution in [2.75, 3.05) is 51.3 Å². The van der Waals surface area contributed by atoms with Gasteiger partial charge in [-0.3, -0.25) is 23.6 Å². The van der Waals surface area contributed by atoms with Crippen molar-refractivity contribution in [3.63, 3.8) is 0 Å². The molecular weight excluding hydrogens is 1340 g/mol. The molecule has 1 saturated carbocycles. The number of imidazole rings is 1. The Kier molecular flexibility index (Phi) is 19.0. The fraction of sp³-hybridized carbons (Fsp3) is 0.0635. The second-order valence-electron chi connectivity index (χ2n) is 21.4. The Bertz CT molecular complexity index is 5690. The summed E-state index contributed by atoms with van der Waals surface area (Å²) in [6.45, 7) is 3.20. The second-order valence-corrected chi connectivity index (χ2v) is 21.4. The number of halogens is 2. The number of amides is 4. The number of carbonyl (C=O) groups is 8. The third-order valence-electron chi connectivity index (χ3n) is 14.7. The molecule has 13 aromatic rings. The maximum absolute atomic E-state index is 13.7. The monoisotopic (exact) mass is 1380 g/mol. The summed E-state index contributed by atoms with van der Waals surface area (Å²) >= 11 is 0. The predicted molar refractivity (Wildman–Crippen MR) is 356 cm³/mol. The number of ether oxygens (including phenoxy) is 1. The number of hydrogen-bond acceptors (Lipinski definition) is 26. The second kappa shape index (κ2) is 28.5. The van der Waals surface area contributed by atoms with Gasteiger partial charge in [0.1, 0.15) is 41.0 Å². The molecule has 1 aliphatic rings. The average molecular weight is 1380 g/mol. The van der Waals surface area contributed by atoms with E-state index in [1.807, 2.05) is 12.1 Å². The minimum absolute atomic E-state index is 0.00854. The van der Waals surface area contributed by atoms with Gasteiger partial charge in [0.05, 0.1) is 69.1 Å². The summed E-state index contributed by atoms with van der Waals surface area (Å²) < 4.78 is 36.6. The van der Waals surface area contributed by atoms with Crippen LogP contribution in [-0.4, -0.2) is 154 Å². The van der Waals surface area contributed by atoms with Gasteiger partial charge in [0, 0.05) is 30.1 Å². The summed E-state index contributed by atoms with van der Waals surface area (Å²) in [7, 11) is 1.19. The standard InChI is InChI=1S/C16H13FN6O3.C16H10FN5O3.C16H11N7O3.C15H13N7O3/c1-8(17)9-3-4-10(15(25)26-2)11(5-9)21-14(24)12-6-13(18)23-16(22-12)19-7-20-23;1-2-8-5-11(9(15(24)25)6-10(8)17)20-14(23)12-7-13(18)22-4-3-19-16(22)21-12;17-11-7-13(20-23-14(11)19-21-22-23)15(24)18-12-6-9-4-2-1-3-8(9)5-10(12)16(25)26;16-10-6-12(19-22-13(10)18-20-21-22)14(23)17-11-5-8(7-1-2-7)3-4-9(11)15(24)25/h3-7H,1,18H2,2H3,(H,21,24);1,3-7H,18H2,(H,20,23)(H,24,25);1-7H,17H2,(H,18,24)(H,25,26);3-7H,1-2,16H2,(H,17,23)(H,24,25). The van der Waals surface area contributed by atoms with Gasteiger partial charge in [0.15, 0.2) is 11.4 Å². The molecule has 5 aromatic carbocycles. The number of rotatable bonds is 14. The minimum atomic E-state index is -1.42. The van der Waals surface area contributed by atoms with Crippen molar-refractivity contribution in [2.24, 2.45) is 0 Å². The molecule has 0 spiro atoms. The van der Waals surface area contributed by atoms with Crippen LogP contribution in [0.15, 0.2) is 134 Å². The number of hydrogen-bond donors (Lipinski definition) is 11. The maximum atomic E-state index is 13.7. The number of aromatic carboxylic acids is 3. The van der Waals surface area contributed by atoms with Crippen LogP contribution in [0, 0.1) is 18.2 Å². The first-order valence-corrected chi connectivity index (χ1v) is 29.1. The van der Waals surface area contributed by atoms with Gasteiger partial charge >= 0.3 is 23.9 Å². The molecule has 0 saturated heterocycles. The Morgan fingerprint density at radius 2 is 1.13 bits per heavy atom. The van der Waals surface area contributed by atoms with E-state index in [2.05, 4.69) is 105 Å². The lowest BCUT2D eigenvalue weighted by molar-refractivity contribution is 0.0599. The van der Waals surface area contributed by atoms with Crippen LogP contribution in [0.3, 0.4) is 0 Å². The molecule has 0 bridgehead atoms. The highest BCUT2D eigenvalue weighted by molar-refractivity contribution is 6.11. The number of fused-ring (bicyclic) bond motifs is 5. The van der Waals surface area contributed by atoms with Crippen LogP contribution in [-0.2, 0) is 4.74 Å². The molecule has 1 aliphatic carbocycles. The number of esters is 1. The Balaban J connectivity index is 0.000000137. The van der Waals surface area contributed by atoms with Crippen molar-refractivity contribution in [3.05, 3.63) is 202 Å². The fourth-order valence-corrected chi connectivity index (χ4v) is 9.61. The maximum Gasteiger partial charge on any atom is 0.339 e. The molecule has 8 heterocycles. The molecule has 14 rings (SSSR count). The highest BCUT2D eigenvalue weighted by Crippen LogP contribution is 2.41. The molecule has 0 aliphatic heterocycles. The van der Waals surface area contributed by atoms with E-state index in [1.54, 1.807) is 36.5 Å². The van der Waals surface area contributed by atoms with Gasteiger partial charge in [0.25, 0.3) is 29.4 Å². The summed E-state index contributed by atoms with van der Waals surface area (Å²) in [5.41, 5.74) is 24.6. The largest absolute Gasteiger partial charge is 0.478 e. The Labute approximate surface area is 566 Å². The Hall–Kier alpha value is -15.4. The number of anilines is 8. The number of aromatic nitrogens is 17. The third kappa shape index (κ3) is 14.7. The minimum Gasteiger partial charge on any atom is -0.478 e. The normalized spacial score (nSPS) is 11.4. The van der Waals surface area contributed by atoms with E-state index in [4.69, 9.17) is 29.4 Å². The van der Waals surface area contributed by atoms with Crippen LogP contribution in [0.25, 0.3) is 39.4 Å². The van der Waals surface area contributed by atoms with Gasteiger partial charge in [-0.25, -0.2) is 42.9 Å². The predicted octanol–water partition coefficient (Wildman–Crippen LogP) is 5.20. The van der Waals surface area contributed by atoms with Crippen molar-refractivity contribution in [1.82, 2.24) is 84.5 Å². The molecule has 0 unspecified atom stereocenters. The molecule has 37 nitrogen and oxygen atoms in total. The van der Waals surface area contributed by atoms with Crippen molar-refractivity contribution in [2.45, 2.75) is 18.8 Å². The molecule has 102 heavy (non-hydrogen) atoms. The van der Waals surface area contributed by atoms with Crippen molar-refractivity contribution >= 4 is 133 Å². The molecule has 0 radical (unpaired) electrons. The SMILES string of the molecule is C#Cc1cc(NC(=O)c2cc(N)n3ccnc3n2)c(C(=O)O)cc1F.C=C(F)c1ccc(C(=O)OC)c(NC(=O)c2cc(N)n3ncnc3n2)c1.Nc1cc(C(=O)Nc2cc(C3CC3)ccc2C(=O)O)nn2nnnc12.Nc1cc(C(=O)Nc2cc3ccccc3cc2C(=O)O)nn2nnnc12. The first kappa shape index (κ1) is 68.0. The van der Waals surface area contributed by atoms with Crippen LogP contribution >= 0.6 is 0 Å². The molecule has 510 valence electrons. The number of benzene rings is 5. The lowest BCUT2D eigenvalue weighted by Gasteiger charge is -2.11. The number of carbonyl (C=O) groups excluding carboxylic acids is 5. The van der Waals surface area contributed by atoms with E-state index in [-0.39, 0.29) is 119 Å². The van der Waals surface area contributed by atoms with E-state index >= 15 is 0 Å². The van der Waals surface area contributed by atoms with Crippen molar-refractivity contribution < 1.29 is 67.2 Å². The molecular formula is C63H47F2N25O12. The highest BCUT2D eigenvalue weighted by Gasteiger charge is 2.27. The first-order valence-electron chi connectivity index (χ1n) is 29.1. The van der Waals surface area contributed by atoms with E-state index in [0.29, 0.717) is 5.92 Å². The zero-order chi connectivity index (χ0) is 72.8. The zero-order valence-electron chi connectivity index (χ0n) is 52.1. The molecule has 39 heteroatoms. The number of carboxylic acids is 3. The van der Waals surface area contributed by atoms with Gasteiger partial charge in [-0.15, -0.1) is 36.1 Å². The number of nitrogens with one attached hydrogen (secondary N) is 4. The topological polar surface area (TPSA) is 544 Å². The van der Waals surface area contributed by atoms with Gasteiger partial charge in [-0.05, 0) is 117 Å².